The molecule has 1 saturated carbocycles. The summed E-state index contributed by atoms with van der Waals surface area (Å²) in [6.45, 7) is 0.763. The summed E-state index contributed by atoms with van der Waals surface area (Å²) in [4.78, 5) is 24.9. The normalized spacial score (nSPS) is 38.8. The molecule has 270 valence electrons. The Kier molecular flexibility index (Phi) is 12.1. The second-order valence-electron chi connectivity index (χ2n) is 12.7. The minimum absolute atomic E-state index is 0.0589. The minimum atomic E-state index is -1.47. The molecule has 0 bridgehead atoms. The molecule has 0 radical (unpaired) electrons. The number of rotatable bonds is 13. The van der Waals surface area contributed by atoms with Gasteiger partial charge in [0.05, 0.1) is 30.6 Å². The zero-order chi connectivity index (χ0) is 34.7. The van der Waals surface area contributed by atoms with Gasteiger partial charge >= 0.3 is 0 Å². The summed E-state index contributed by atoms with van der Waals surface area (Å²) in [7, 11) is 0. The van der Waals surface area contributed by atoms with Crippen LogP contribution >= 0.6 is 0 Å². The molecule has 48 heavy (non-hydrogen) atoms. The number of carbonyl (C=O) groups excluding carboxylic acids is 1. The third-order valence-corrected chi connectivity index (χ3v) is 9.34. The maximum absolute atomic E-state index is 12.8. The van der Waals surface area contributed by atoms with Gasteiger partial charge in [-0.25, -0.2) is 15.0 Å². The highest BCUT2D eigenvalue weighted by atomic mass is 16.7. The highest BCUT2D eigenvalue weighted by Gasteiger charge is 2.49. The standard InChI is InChI=1S/C28H49N11O9/c29-8-13-18(41)19(42)14(32)28(46-13)48-22-12(31)7-11(30)17(40)15(22)34-5-3-1-2-4-6-35-26(45)23-20(43)21(44)27(47-23)39-10-38-16-24(33)36-9-37-25(16)39/h9-15,17-23,27-28,34,40-44H,1-8,29-32H2,(H,35,45)(H2,33,36,37)/t11-,12+,13-,14-,15+,17+,18-,19-,20+,21-,22-,23+,27-,28-/m1/s1. The Morgan fingerprint density at radius 3 is 2.38 bits per heavy atom. The van der Waals surface area contributed by atoms with Gasteiger partial charge in [0.2, 0.25) is 0 Å². The number of nitrogens with one attached hydrogen (secondary N) is 2. The predicted molar refractivity (Wildman–Crippen MR) is 168 cm³/mol. The van der Waals surface area contributed by atoms with Crippen LogP contribution in [0, 0.1) is 0 Å². The molecule has 4 heterocycles. The van der Waals surface area contributed by atoms with Crippen molar-refractivity contribution < 1.29 is 44.5 Å². The molecule has 0 spiro atoms. The molecule has 2 aromatic rings. The highest BCUT2D eigenvalue weighted by Crippen LogP contribution is 2.32. The van der Waals surface area contributed by atoms with E-state index in [9.17, 15) is 30.3 Å². The van der Waals surface area contributed by atoms with Crippen LogP contribution in [0.4, 0.5) is 5.82 Å². The second kappa shape index (κ2) is 15.9. The van der Waals surface area contributed by atoms with Gasteiger partial charge in [-0.2, -0.15) is 0 Å². The van der Waals surface area contributed by atoms with E-state index in [1.54, 1.807) is 0 Å². The summed E-state index contributed by atoms with van der Waals surface area (Å²) in [6.07, 6.45) is -5.80. The first-order chi connectivity index (χ1) is 22.9. The topological polar surface area (TPSA) is 344 Å². The quantitative estimate of drug-likeness (QED) is 0.0874. The Hall–Kier alpha value is -2.70. The number of fused-ring (bicyclic) bond motifs is 1. The summed E-state index contributed by atoms with van der Waals surface area (Å²) >= 11 is 0. The van der Waals surface area contributed by atoms with Crippen molar-refractivity contribution in [2.75, 3.05) is 25.4 Å². The van der Waals surface area contributed by atoms with E-state index < -0.39 is 91.4 Å². The number of aliphatic hydroxyl groups excluding tert-OH is 5. The van der Waals surface area contributed by atoms with Gasteiger partial charge < -0.3 is 79.0 Å². The number of nitrogens with two attached hydrogens (primary N) is 5. The van der Waals surface area contributed by atoms with Crippen LogP contribution in [0.3, 0.4) is 0 Å². The summed E-state index contributed by atoms with van der Waals surface area (Å²) in [6, 6.07) is -2.87. The molecule has 20 nitrogen and oxygen atoms in total. The number of ether oxygens (including phenoxy) is 3. The molecular weight excluding hydrogens is 634 g/mol. The van der Waals surface area contributed by atoms with Crippen molar-refractivity contribution in [2.24, 2.45) is 22.9 Å². The first-order valence-corrected chi connectivity index (χ1v) is 16.2. The van der Waals surface area contributed by atoms with Crippen LogP contribution in [-0.4, -0.2) is 150 Å². The third kappa shape index (κ3) is 7.55. The molecule has 0 unspecified atom stereocenters. The van der Waals surface area contributed by atoms with Gasteiger partial charge in [-0.1, -0.05) is 12.8 Å². The largest absolute Gasteiger partial charge is 0.390 e. The second-order valence-corrected chi connectivity index (χ2v) is 12.7. The van der Waals surface area contributed by atoms with Crippen LogP contribution in [0.25, 0.3) is 11.2 Å². The Labute approximate surface area is 276 Å². The van der Waals surface area contributed by atoms with E-state index in [4.69, 9.17) is 42.9 Å². The number of hydrogen-bond acceptors (Lipinski definition) is 18. The molecular formula is C28H49N11O9. The molecule has 2 aromatic heterocycles. The van der Waals surface area contributed by atoms with Crippen LogP contribution < -0.4 is 39.3 Å². The van der Waals surface area contributed by atoms with Crippen LogP contribution in [0.5, 0.6) is 0 Å². The summed E-state index contributed by atoms with van der Waals surface area (Å²) in [5.41, 5.74) is 30.7. The highest BCUT2D eigenvalue weighted by molar-refractivity contribution is 5.82. The molecule has 20 heteroatoms. The van der Waals surface area contributed by atoms with Gasteiger partial charge in [-0.3, -0.25) is 9.36 Å². The molecule has 1 aliphatic carbocycles. The van der Waals surface area contributed by atoms with Gasteiger partial charge in [0.15, 0.2) is 30.1 Å². The van der Waals surface area contributed by atoms with E-state index in [0.29, 0.717) is 30.7 Å². The number of aromatic nitrogens is 4. The number of hydrogen-bond donors (Lipinski definition) is 12. The van der Waals surface area contributed by atoms with Crippen LogP contribution in [0.2, 0.25) is 0 Å². The lowest BCUT2D eigenvalue weighted by Crippen LogP contribution is -2.69. The fourth-order valence-corrected chi connectivity index (χ4v) is 6.51. The number of aliphatic hydroxyl groups is 5. The summed E-state index contributed by atoms with van der Waals surface area (Å²) < 4.78 is 18.9. The van der Waals surface area contributed by atoms with Gasteiger partial charge in [-0.15, -0.1) is 0 Å². The van der Waals surface area contributed by atoms with Crippen molar-refractivity contribution in [3.05, 3.63) is 12.7 Å². The van der Waals surface area contributed by atoms with E-state index in [-0.39, 0.29) is 18.8 Å². The zero-order valence-corrected chi connectivity index (χ0v) is 26.4. The van der Waals surface area contributed by atoms with Crippen LogP contribution in [-0.2, 0) is 19.0 Å². The number of anilines is 1. The number of nitrogen functional groups attached to an aromatic ring is 1. The maximum atomic E-state index is 12.8. The fraction of sp³-hybridized carbons (Fsp3) is 0.786. The predicted octanol–water partition coefficient (Wildman–Crippen LogP) is -5.80. The molecule has 1 amide bonds. The molecule has 14 atom stereocenters. The molecule has 17 N–H and O–H groups in total. The zero-order valence-electron chi connectivity index (χ0n) is 26.4. The van der Waals surface area contributed by atoms with E-state index in [1.165, 1.54) is 17.2 Å². The van der Waals surface area contributed by atoms with E-state index in [1.807, 2.05) is 0 Å². The molecule has 2 aliphatic heterocycles. The first-order valence-electron chi connectivity index (χ1n) is 16.2. The Balaban J connectivity index is 1.04. The van der Waals surface area contributed by atoms with Crippen LogP contribution in [0.1, 0.15) is 38.3 Å². The average molecular weight is 684 g/mol. The van der Waals surface area contributed by atoms with E-state index in [2.05, 4.69) is 25.6 Å². The fourth-order valence-electron chi connectivity index (χ4n) is 6.51. The lowest BCUT2D eigenvalue weighted by Gasteiger charge is -2.47. The van der Waals surface area contributed by atoms with E-state index >= 15 is 0 Å². The smallest absolute Gasteiger partial charge is 0.252 e. The van der Waals surface area contributed by atoms with Crippen molar-refractivity contribution in [1.29, 1.82) is 0 Å². The van der Waals surface area contributed by atoms with Gasteiger partial charge in [0.1, 0.15) is 42.4 Å². The number of nitrogens with zero attached hydrogens (tertiary/aromatic N) is 4. The number of carbonyl (C=O) groups is 1. The monoisotopic (exact) mass is 683 g/mol. The molecule has 5 rings (SSSR count). The van der Waals surface area contributed by atoms with Crippen molar-refractivity contribution in [3.8, 4) is 0 Å². The molecule has 3 fully saturated rings. The van der Waals surface area contributed by atoms with Crippen molar-refractivity contribution in [3.63, 3.8) is 0 Å². The Bertz CT molecular complexity index is 1360. The van der Waals surface area contributed by atoms with Gasteiger partial charge in [0, 0.05) is 25.2 Å². The minimum Gasteiger partial charge on any atom is -0.390 e. The van der Waals surface area contributed by atoms with Crippen molar-refractivity contribution in [1.82, 2.24) is 30.2 Å². The first kappa shape index (κ1) is 36.6. The van der Waals surface area contributed by atoms with E-state index in [0.717, 1.165) is 19.3 Å². The Morgan fingerprint density at radius 1 is 0.917 bits per heavy atom. The lowest BCUT2D eigenvalue weighted by molar-refractivity contribution is -0.279. The van der Waals surface area contributed by atoms with Gasteiger partial charge in [0.25, 0.3) is 5.91 Å². The molecule has 0 aromatic carbocycles. The summed E-state index contributed by atoms with van der Waals surface area (Å²) in [5.74, 6) is -0.411. The third-order valence-electron chi connectivity index (χ3n) is 9.34. The van der Waals surface area contributed by atoms with Crippen LogP contribution in [0.15, 0.2) is 12.7 Å². The Morgan fingerprint density at radius 2 is 1.65 bits per heavy atom. The average Bonchev–Trinajstić information content (AvgIpc) is 3.63. The maximum Gasteiger partial charge on any atom is 0.252 e. The molecule has 2 saturated heterocycles. The van der Waals surface area contributed by atoms with Crippen molar-refractivity contribution >= 4 is 22.9 Å². The van der Waals surface area contributed by atoms with Crippen molar-refractivity contribution in [2.45, 2.75) is 118 Å². The SMILES string of the molecule is NC[C@H]1O[C@H](O[C@H]2[C@@H](NCCCCCCNC(=O)[C@H]3O[C@@H](n4cnc5c(N)ncnc54)[C@H](O)[C@@H]3O)[C@@H](O)[C@H](N)C[C@@H]2N)[C@H](N)[C@@H](O)[C@@H]1O. The number of imidazole rings is 1. The molecule has 3 aliphatic rings. The summed E-state index contributed by atoms with van der Waals surface area (Å²) in [5, 5.41) is 58.6. The lowest BCUT2D eigenvalue weighted by atomic mass is 9.82. The van der Waals surface area contributed by atoms with Gasteiger partial charge in [-0.05, 0) is 25.8 Å². The number of amides is 1. The number of unbranched alkanes of at least 4 members (excludes halogenated alkanes) is 3.